The van der Waals surface area contributed by atoms with Crippen LogP contribution in [0.3, 0.4) is 0 Å². The second-order valence-corrected chi connectivity index (χ2v) is 6.97. The van der Waals surface area contributed by atoms with E-state index >= 15 is 0 Å². The fourth-order valence-corrected chi connectivity index (χ4v) is 3.64. The van der Waals surface area contributed by atoms with Crippen LogP contribution >= 0.6 is 22.6 Å². The normalized spacial score (nSPS) is 11.5. The first-order valence-electron chi connectivity index (χ1n) is 7.73. The Labute approximate surface area is 152 Å². The zero-order chi connectivity index (χ0) is 16.1. The largest absolute Gasteiger partial charge is 0.276 e. The molecule has 2 aromatic heterocycles. The van der Waals surface area contributed by atoms with E-state index in [1.165, 1.54) is 3.57 Å². The van der Waals surface area contributed by atoms with Crippen molar-refractivity contribution in [2.75, 3.05) is 0 Å². The van der Waals surface area contributed by atoms with Crippen LogP contribution in [0.1, 0.15) is 0 Å². The number of para-hydroxylation sites is 2. The molecule has 0 fully saturated rings. The van der Waals surface area contributed by atoms with Gasteiger partial charge in [0.25, 0.3) is 0 Å². The number of benzene rings is 3. The fraction of sp³-hybridized carbons (Fsp3) is 0. The van der Waals surface area contributed by atoms with E-state index in [4.69, 9.17) is 9.97 Å². The highest BCUT2D eigenvalue weighted by atomic mass is 127. The molecule has 114 valence electrons. The highest BCUT2D eigenvalue weighted by Crippen LogP contribution is 2.30. The van der Waals surface area contributed by atoms with Gasteiger partial charge in [0.15, 0.2) is 0 Å². The van der Waals surface area contributed by atoms with Gasteiger partial charge in [0.2, 0.25) is 0 Å². The molecular weight excluding hydrogens is 409 g/mol. The van der Waals surface area contributed by atoms with Gasteiger partial charge < -0.3 is 0 Å². The van der Waals surface area contributed by atoms with E-state index in [9.17, 15) is 0 Å². The van der Waals surface area contributed by atoms with Gasteiger partial charge in [-0.2, -0.15) is 0 Å². The second-order valence-electron chi connectivity index (χ2n) is 5.72. The molecular formula is C20H12IN3. The molecule has 0 amide bonds. The van der Waals surface area contributed by atoms with Crippen LogP contribution < -0.4 is 0 Å². The molecule has 0 aliphatic carbocycles. The average molecular weight is 421 g/mol. The third kappa shape index (κ3) is 2.03. The fourth-order valence-electron chi connectivity index (χ4n) is 3.15. The number of fused-ring (bicyclic) bond motifs is 5. The Bertz CT molecular complexity index is 1210. The van der Waals surface area contributed by atoms with Gasteiger partial charge in [0.1, 0.15) is 11.5 Å². The Hall–Kier alpha value is -2.47. The van der Waals surface area contributed by atoms with Gasteiger partial charge in [-0.3, -0.25) is 4.40 Å². The van der Waals surface area contributed by atoms with Crippen LogP contribution in [0.25, 0.3) is 39.0 Å². The molecule has 5 aromatic rings. The molecule has 0 atom stereocenters. The van der Waals surface area contributed by atoms with Gasteiger partial charge in [0, 0.05) is 14.5 Å². The molecule has 2 heterocycles. The summed E-state index contributed by atoms with van der Waals surface area (Å²) in [5.74, 6) is 0.924. The zero-order valence-electron chi connectivity index (χ0n) is 12.6. The Kier molecular flexibility index (Phi) is 3.06. The Balaban J connectivity index is 2.05. The molecule has 24 heavy (non-hydrogen) atoms. The Morgan fingerprint density at radius 2 is 1.54 bits per heavy atom. The van der Waals surface area contributed by atoms with Crippen LogP contribution in [-0.2, 0) is 0 Å². The highest BCUT2D eigenvalue weighted by Gasteiger charge is 2.15. The monoisotopic (exact) mass is 421 g/mol. The first kappa shape index (κ1) is 13.9. The van der Waals surface area contributed by atoms with Gasteiger partial charge in [0.05, 0.1) is 16.6 Å². The third-order valence-electron chi connectivity index (χ3n) is 4.23. The van der Waals surface area contributed by atoms with Crippen molar-refractivity contribution in [1.29, 1.82) is 0 Å². The quantitative estimate of drug-likeness (QED) is 0.344. The van der Waals surface area contributed by atoms with Crippen LogP contribution in [0.15, 0.2) is 72.8 Å². The lowest BCUT2D eigenvalue weighted by molar-refractivity contribution is 1.16. The molecule has 0 aliphatic heterocycles. The maximum absolute atomic E-state index is 4.96. The molecule has 0 N–H and O–H groups in total. The SMILES string of the molecule is Ic1ccc2nc(-c3ccccc3)n3c4ccccc4nc3c2c1. The molecule has 3 aromatic carbocycles. The first-order valence-corrected chi connectivity index (χ1v) is 8.81. The molecule has 0 bridgehead atoms. The summed E-state index contributed by atoms with van der Waals surface area (Å²) in [4.78, 5) is 9.85. The predicted molar refractivity (Wildman–Crippen MR) is 106 cm³/mol. The van der Waals surface area contributed by atoms with E-state index in [1.807, 2.05) is 30.3 Å². The van der Waals surface area contributed by atoms with E-state index in [1.54, 1.807) is 0 Å². The molecule has 0 unspecified atom stereocenters. The van der Waals surface area contributed by atoms with E-state index in [2.05, 4.69) is 69.5 Å². The summed E-state index contributed by atoms with van der Waals surface area (Å²) < 4.78 is 3.35. The van der Waals surface area contributed by atoms with E-state index in [0.717, 1.165) is 39.0 Å². The van der Waals surface area contributed by atoms with Crippen LogP contribution in [0.4, 0.5) is 0 Å². The molecule has 4 heteroatoms. The maximum Gasteiger partial charge on any atom is 0.149 e. The van der Waals surface area contributed by atoms with Gasteiger partial charge in [-0.15, -0.1) is 0 Å². The van der Waals surface area contributed by atoms with Crippen molar-refractivity contribution in [3.8, 4) is 11.4 Å². The minimum atomic E-state index is 0.924. The molecule has 0 aliphatic rings. The summed E-state index contributed by atoms with van der Waals surface area (Å²) in [5, 5.41) is 1.08. The lowest BCUT2D eigenvalue weighted by Crippen LogP contribution is -1.98. The molecule has 0 radical (unpaired) electrons. The van der Waals surface area contributed by atoms with Crippen LogP contribution in [0.2, 0.25) is 0 Å². The molecule has 0 saturated heterocycles. The van der Waals surface area contributed by atoms with Crippen molar-refractivity contribution in [1.82, 2.24) is 14.4 Å². The van der Waals surface area contributed by atoms with Crippen LogP contribution in [0, 0.1) is 3.57 Å². The van der Waals surface area contributed by atoms with Gasteiger partial charge in [-0.25, -0.2) is 9.97 Å². The minimum Gasteiger partial charge on any atom is -0.276 e. The van der Waals surface area contributed by atoms with E-state index in [0.29, 0.717) is 0 Å². The summed E-state index contributed by atoms with van der Waals surface area (Å²) >= 11 is 2.33. The van der Waals surface area contributed by atoms with Gasteiger partial charge in [-0.1, -0.05) is 42.5 Å². The Morgan fingerprint density at radius 1 is 0.750 bits per heavy atom. The maximum atomic E-state index is 4.96. The van der Waals surface area contributed by atoms with Crippen LogP contribution in [-0.4, -0.2) is 14.4 Å². The minimum absolute atomic E-state index is 0.924. The topological polar surface area (TPSA) is 30.2 Å². The van der Waals surface area contributed by atoms with Crippen molar-refractivity contribution in [3.05, 3.63) is 76.4 Å². The summed E-state index contributed by atoms with van der Waals surface area (Å²) in [6, 6.07) is 24.8. The van der Waals surface area contributed by atoms with Crippen molar-refractivity contribution in [2.45, 2.75) is 0 Å². The number of rotatable bonds is 1. The van der Waals surface area contributed by atoms with Crippen LogP contribution in [0.5, 0.6) is 0 Å². The third-order valence-corrected chi connectivity index (χ3v) is 4.90. The lowest BCUT2D eigenvalue weighted by atomic mass is 10.2. The van der Waals surface area contributed by atoms with Crippen molar-refractivity contribution in [2.24, 2.45) is 0 Å². The number of nitrogens with zero attached hydrogens (tertiary/aromatic N) is 3. The van der Waals surface area contributed by atoms with Crippen molar-refractivity contribution >= 4 is 50.2 Å². The number of aromatic nitrogens is 3. The predicted octanol–water partition coefficient (Wildman–Crippen LogP) is 5.31. The average Bonchev–Trinajstić information content (AvgIpc) is 3.02. The van der Waals surface area contributed by atoms with Crippen molar-refractivity contribution in [3.63, 3.8) is 0 Å². The number of halogens is 1. The lowest BCUT2D eigenvalue weighted by Gasteiger charge is -2.09. The standard InChI is InChI=1S/C20H12IN3/c21-14-10-11-16-15(12-14)20-23-17-8-4-5-9-18(17)24(20)19(22-16)13-6-2-1-3-7-13/h1-12H. The van der Waals surface area contributed by atoms with Gasteiger partial charge >= 0.3 is 0 Å². The number of imidazole rings is 1. The van der Waals surface area contributed by atoms with E-state index in [-0.39, 0.29) is 0 Å². The van der Waals surface area contributed by atoms with Gasteiger partial charge in [-0.05, 0) is 52.9 Å². The summed E-state index contributed by atoms with van der Waals surface area (Å²) in [6.07, 6.45) is 0. The second kappa shape index (κ2) is 5.27. The summed E-state index contributed by atoms with van der Waals surface area (Å²) in [6.45, 7) is 0. The highest BCUT2D eigenvalue weighted by molar-refractivity contribution is 14.1. The zero-order valence-corrected chi connectivity index (χ0v) is 14.8. The van der Waals surface area contributed by atoms with Crippen molar-refractivity contribution < 1.29 is 0 Å². The summed E-state index contributed by atoms with van der Waals surface area (Å²) in [7, 11) is 0. The molecule has 5 rings (SSSR count). The molecule has 0 saturated carbocycles. The molecule has 0 spiro atoms. The van der Waals surface area contributed by atoms with E-state index < -0.39 is 0 Å². The Morgan fingerprint density at radius 3 is 2.42 bits per heavy atom. The smallest absolute Gasteiger partial charge is 0.149 e. The first-order chi connectivity index (χ1) is 11.8. The number of hydrogen-bond acceptors (Lipinski definition) is 2. The number of hydrogen-bond donors (Lipinski definition) is 0. The summed E-state index contributed by atoms with van der Waals surface area (Å²) in [5.41, 5.74) is 5.09. The molecule has 3 nitrogen and oxygen atoms in total.